The Balaban J connectivity index is 2.37. The van der Waals surface area contributed by atoms with Gasteiger partial charge in [-0.15, -0.1) is 0 Å². The van der Waals surface area contributed by atoms with Crippen molar-refractivity contribution in [1.82, 2.24) is 5.32 Å². The van der Waals surface area contributed by atoms with Crippen molar-refractivity contribution in [3.05, 3.63) is 28.8 Å². The molecule has 108 valence electrons. The molecule has 1 aromatic rings. The van der Waals surface area contributed by atoms with Crippen molar-refractivity contribution >= 4 is 11.6 Å². The Morgan fingerprint density at radius 1 is 1.42 bits per heavy atom. The number of aliphatic hydroxyl groups excluding tert-OH is 2. The monoisotopic (exact) mass is 287 g/mol. The molecular weight excluding hydrogens is 266 g/mol. The van der Waals surface area contributed by atoms with Crippen molar-refractivity contribution in [2.45, 2.75) is 32.4 Å². The fourth-order valence-electron chi connectivity index (χ4n) is 1.41. The zero-order valence-electron chi connectivity index (χ0n) is 11.6. The average Bonchev–Trinajstić information content (AvgIpc) is 2.38. The smallest absolute Gasteiger partial charge is 0.119 e. The Hall–Kier alpha value is -0.810. The molecule has 19 heavy (non-hydrogen) atoms. The molecule has 0 bridgehead atoms. The quantitative estimate of drug-likeness (QED) is 0.715. The van der Waals surface area contributed by atoms with E-state index >= 15 is 0 Å². The summed E-state index contributed by atoms with van der Waals surface area (Å²) in [7, 11) is 0. The second-order valence-corrected chi connectivity index (χ2v) is 5.71. The second kappa shape index (κ2) is 7.10. The zero-order chi connectivity index (χ0) is 14.5. The van der Waals surface area contributed by atoms with E-state index in [-0.39, 0.29) is 13.2 Å². The van der Waals surface area contributed by atoms with Gasteiger partial charge in [-0.2, -0.15) is 0 Å². The highest BCUT2D eigenvalue weighted by Gasteiger charge is 2.17. The molecule has 0 heterocycles. The van der Waals surface area contributed by atoms with Gasteiger partial charge in [-0.05, 0) is 44.5 Å². The molecule has 0 saturated carbocycles. The molecule has 0 spiro atoms. The molecule has 1 aromatic carbocycles. The van der Waals surface area contributed by atoms with Crippen LogP contribution in [0.3, 0.4) is 0 Å². The van der Waals surface area contributed by atoms with Crippen molar-refractivity contribution < 1.29 is 14.9 Å². The van der Waals surface area contributed by atoms with Crippen molar-refractivity contribution in [3.8, 4) is 5.75 Å². The molecule has 0 aliphatic rings. The van der Waals surface area contributed by atoms with E-state index in [4.69, 9.17) is 21.4 Å². The van der Waals surface area contributed by atoms with Gasteiger partial charge < -0.3 is 20.3 Å². The summed E-state index contributed by atoms with van der Waals surface area (Å²) in [5, 5.41) is 22.6. The van der Waals surface area contributed by atoms with Crippen LogP contribution < -0.4 is 10.1 Å². The maximum atomic E-state index is 9.80. The van der Waals surface area contributed by atoms with Crippen LogP contribution in [0.4, 0.5) is 0 Å². The lowest BCUT2D eigenvalue weighted by Gasteiger charge is -2.25. The highest BCUT2D eigenvalue weighted by Crippen LogP contribution is 2.21. The summed E-state index contributed by atoms with van der Waals surface area (Å²) in [5.74, 6) is 0.683. The number of aliphatic hydroxyl groups is 2. The molecule has 1 atom stereocenters. The fourth-order valence-corrected chi connectivity index (χ4v) is 1.53. The van der Waals surface area contributed by atoms with Gasteiger partial charge in [-0.25, -0.2) is 0 Å². The highest BCUT2D eigenvalue weighted by molar-refractivity contribution is 6.31. The number of hydrogen-bond acceptors (Lipinski definition) is 4. The number of ether oxygens (including phenoxy) is 1. The predicted molar refractivity (Wildman–Crippen MR) is 76.9 cm³/mol. The SMILES string of the molecule is Cc1cc(OCC(O)CNC(C)(C)CO)ccc1Cl. The minimum atomic E-state index is -0.637. The van der Waals surface area contributed by atoms with E-state index in [1.807, 2.05) is 26.8 Å². The Morgan fingerprint density at radius 2 is 2.11 bits per heavy atom. The second-order valence-electron chi connectivity index (χ2n) is 5.30. The number of rotatable bonds is 7. The maximum absolute atomic E-state index is 9.80. The molecule has 0 aliphatic heterocycles. The first kappa shape index (κ1) is 16.2. The predicted octanol–water partition coefficient (Wildman–Crippen LogP) is 1.75. The van der Waals surface area contributed by atoms with Crippen LogP contribution in [0.15, 0.2) is 18.2 Å². The average molecular weight is 288 g/mol. The molecule has 0 radical (unpaired) electrons. The van der Waals surface area contributed by atoms with Crippen LogP contribution in [-0.4, -0.2) is 41.6 Å². The topological polar surface area (TPSA) is 61.7 Å². The van der Waals surface area contributed by atoms with Gasteiger partial charge in [0, 0.05) is 17.1 Å². The number of nitrogens with one attached hydrogen (secondary N) is 1. The normalized spacial score (nSPS) is 13.4. The van der Waals surface area contributed by atoms with Crippen molar-refractivity contribution in [3.63, 3.8) is 0 Å². The molecule has 1 unspecified atom stereocenters. The van der Waals surface area contributed by atoms with Gasteiger partial charge in [-0.1, -0.05) is 11.6 Å². The third-order valence-electron chi connectivity index (χ3n) is 2.78. The molecular formula is C14H22ClNO3. The van der Waals surface area contributed by atoms with Gasteiger partial charge in [0.2, 0.25) is 0 Å². The number of β-amino-alcohol motifs (C(OH)–C–C–N with tert-alkyl or cyclic N) is 1. The first-order valence-electron chi connectivity index (χ1n) is 6.27. The highest BCUT2D eigenvalue weighted by atomic mass is 35.5. The van der Waals surface area contributed by atoms with Crippen molar-refractivity contribution in [2.24, 2.45) is 0 Å². The summed E-state index contributed by atoms with van der Waals surface area (Å²) in [6.45, 7) is 6.19. The fraction of sp³-hybridized carbons (Fsp3) is 0.571. The Labute approximate surface area is 119 Å². The summed E-state index contributed by atoms with van der Waals surface area (Å²) < 4.78 is 5.49. The molecule has 1 rings (SSSR count). The Bertz CT molecular complexity index is 410. The van der Waals surface area contributed by atoms with Gasteiger partial charge in [0.1, 0.15) is 18.5 Å². The van der Waals surface area contributed by atoms with Gasteiger partial charge in [0.05, 0.1) is 6.61 Å². The lowest BCUT2D eigenvalue weighted by molar-refractivity contribution is 0.0906. The van der Waals surface area contributed by atoms with E-state index in [1.165, 1.54) is 0 Å². The van der Waals surface area contributed by atoms with E-state index < -0.39 is 11.6 Å². The molecule has 0 saturated heterocycles. The standard InChI is InChI=1S/C14H22ClNO3/c1-10-6-12(4-5-13(10)15)19-8-11(18)7-16-14(2,3)9-17/h4-6,11,16-18H,7-9H2,1-3H3. The van der Waals surface area contributed by atoms with E-state index in [0.717, 1.165) is 5.56 Å². The Kier molecular flexibility index (Phi) is 6.07. The maximum Gasteiger partial charge on any atom is 0.119 e. The van der Waals surface area contributed by atoms with Gasteiger partial charge in [0.25, 0.3) is 0 Å². The summed E-state index contributed by atoms with van der Waals surface area (Å²) >= 11 is 5.92. The first-order chi connectivity index (χ1) is 8.84. The molecule has 0 aliphatic carbocycles. The molecule has 3 N–H and O–H groups in total. The molecule has 0 aromatic heterocycles. The van der Waals surface area contributed by atoms with E-state index in [9.17, 15) is 5.11 Å². The van der Waals surface area contributed by atoms with Crippen LogP contribution in [-0.2, 0) is 0 Å². The Morgan fingerprint density at radius 3 is 2.68 bits per heavy atom. The van der Waals surface area contributed by atoms with Crippen molar-refractivity contribution in [2.75, 3.05) is 19.8 Å². The number of hydrogen-bond donors (Lipinski definition) is 3. The minimum absolute atomic E-state index is 0.0109. The summed E-state index contributed by atoms with van der Waals surface area (Å²) in [5.41, 5.74) is 0.533. The molecule has 5 heteroatoms. The van der Waals surface area contributed by atoms with Crippen LogP contribution in [0.25, 0.3) is 0 Å². The van der Waals surface area contributed by atoms with Crippen LogP contribution in [0.1, 0.15) is 19.4 Å². The van der Waals surface area contributed by atoms with Crippen molar-refractivity contribution in [1.29, 1.82) is 0 Å². The third-order valence-corrected chi connectivity index (χ3v) is 3.21. The van der Waals surface area contributed by atoms with E-state index in [2.05, 4.69) is 5.32 Å². The first-order valence-corrected chi connectivity index (χ1v) is 6.65. The van der Waals surface area contributed by atoms with Crippen LogP contribution in [0.5, 0.6) is 5.75 Å². The minimum Gasteiger partial charge on any atom is -0.491 e. The summed E-state index contributed by atoms with van der Waals surface area (Å²) in [6, 6.07) is 5.37. The zero-order valence-corrected chi connectivity index (χ0v) is 12.4. The largest absolute Gasteiger partial charge is 0.491 e. The molecule has 0 amide bonds. The molecule has 4 nitrogen and oxygen atoms in total. The number of halogens is 1. The number of benzene rings is 1. The van der Waals surface area contributed by atoms with Gasteiger partial charge >= 0.3 is 0 Å². The lowest BCUT2D eigenvalue weighted by atomic mass is 10.1. The van der Waals surface area contributed by atoms with Crippen LogP contribution in [0, 0.1) is 6.92 Å². The summed E-state index contributed by atoms with van der Waals surface area (Å²) in [4.78, 5) is 0. The van der Waals surface area contributed by atoms with Gasteiger partial charge in [0.15, 0.2) is 0 Å². The van der Waals surface area contributed by atoms with E-state index in [0.29, 0.717) is 17.3 Å². The lowest BCUT2D eigenvalue weighted by Crippen LogP contribution is -2.47. The third kappa shape index (κ3) is 5.78. The van der Waals surface area contributed by atoms with E-state index in [1.54, 1.807) is 12.1 Å². The van der Waals surface area contributed by atoms with Gasteiger partial charge in [-0.3, -0.25) is 0 Å². The molecule has 0 fully saturated rings. The van der Waals surface area contributed by atoms with Crippen LogP contribution >= 0.6 is 11.6 Å². The summed E-state index contributed by atoms with van der Waals surface area (Å²) in [6.07, 6.45) is -0.637. The van der Waals surface area contributed by atoms with Crippen LogP contribution in [0.2, 0.25) is 5.02 Å². The number of aryl methyl sites for hydroxylation is 1.